The number of hydrogen-bond donors (Lipinski definition) is 3. The van der Waals surface area contributed by atoms with Crippen molar-refractivity contribution in [3.63, 3.8) is 0 Å². The molecule has 0 bridgehead atoms. The normalized spacial score (nSPS) is 10.9. The average Bonchev–Trinajstić information content (AvgIpc) is 3.18. The van der Waals surface area contributed by atoms with Crippen molar-refractivity contribution in [3.8, 4) is 22.8 Å². The molecule has 2 aromatic heterocycles. The second-order valence-corrected chi connectivity index (χ2v) is 6.96. The molecule has 0 unspecified atom stereocenters. The van der Waals surface area contributed by atoms with E-state index in [1.807, 2.05) is 54.6 Å². The van der Waals surface area contributed by atoms with E-state index in [-0.39, 0.29) is 6.42 Å². The molecule has 0 aliphatic carbocycles. The summed E-state index contributed by atoms with van der Waals surface area (Å²) in [5.74, 6) is 1.42. The summed E-state index contributed by atoms with van der Waals surface area (Å²) in [6.45, 7) is 0.556. The fourth-order valence-corrected chi connectivity index (χ4v) is 3.30. The third-order valence-electron chi connectivity index (χ3n) is 4.81. The molecule has 9 heteroatoms. The lowest BCUT2D eigenvalue weighted by atomic mass is 10.1. The van der Waals surface area contributed by atoms with Gasteiger partial charge in [-0.15, -0.1) is 0 Å². The van der Waals surface area contributed by atoms with Gasteiger partial charge in [0.25, 0.3) is 0 Å². The number of fused-ring (bicyclic) bond motifs is 1. The number of nitrogens with two attached hydrogens (primary N) is 1. The molecule has 0 saturated heterocycles. The van der Waals surface area contributed by atoms with Gasteiger partial charge in [0.1, 0.15) is 29.3 Å². The van der Waals surface area contributed by atoms with Crippen molar-refractivity contribution in [3.05, 3.63) is 60.9 Å². The van der Waals surface area contributed by atoms with E-state index in [9.17, 15) is 4.79 Å². The highest BCUT2D eigenvalue weighted by Crippen LogP contribution is 2.32. The lowest BCUT2D eigenvalue weighted by molar-refractivity contribution is -0.129. The number of amides is 1. The number of rotatable bonds is 8. The number of nitrogens with one attached hydrogen (secondary N) is 1. The molecule has 4 N–H and O–H groups in total. The zero-order chi connectivity index (χ0) is 21.6. The number of ether oxygens (including phenoxy) is 1. The summed E-state index contributed by atoms with van der Waals surface area (Å²) >= 11 is 0. The molecule has 9 nitrogen and oxygen atoms in total. The van der Waals surface area contributed by atoms with Crippen LogP contribution in [0.15, 0.2) is 60.9 Å². The number of nitrogen functional groups attached to an aromatic ring is 1. The number of carbonyl (C=O) groups is 1. The maximum absolute atomic E-state index is 11.2. The molecule has 4 rings (SSSR count). The first-order chi connectivity index (χ1) is 15.2. The Labute approximate surface area is 178 Å². The molecule has 31 heavy (non-hydrogen) atoms. The van der Waals surface area contributed by atoms with Gasteiger partial charge in [-0.05, 0) is 49.2 Å². The van der Waals surface area contributed by atoms with Crippen LogP contribution < -0.4 is 16.0 Å². The number of hydrogen-bond acceptors (Lipinski definition) is 7. The SMILES string of the molecule is Nc1ncnc2c1c(-c1ccc(Oc3ccccc3)cc1)nn2CCCCC(=O)NO. The Morgan fingerprint density at radius 1 is 1.03 bits per heavy atom. The zero-order valence-corrected chi connectivity index (χ0v) is 16.7. The number of para-hydroxylation sites is 1. The van der Waals surface area contributed by atoms with Crippen molar-refractivity contribution >= 4 is 22.8 Å². The van der Waals surface area contributed by atoms with Crippen molar-refractivity contribution < 1.29 is 14.7 Å². The van der Waals surface area contributed by atoms with Crippen LogP contribution in [0.25, 0.3) is 22.3 Å². The largest absolute Gasteiger partial charge is 0.457 e. The third kappa shape index (κ3) is 4.62. The van der Waals surface area contributed by atoms with Crippen molar-refractivity contribution in [2.45, 2.75) is 25.8 Å². The van der Waals surface area contributed by atoms with Gasteiger partial charge >= 0.3 is 0 Å². The fraction of sp³-hybridized carbons (Fsp3) is 0.182. The number of carbonyl (C=O) groups excluding carboxylic acids is 1. The molecule has 0 radical (unpaired) electrons. The lowest BCUT2D eigenvalue weighted by Crippen LogP contribution is -2.18. The smallest absolute Gasteiger partial charge is 0.243 e. The van der Waals surface area contributed by atoms with Crippen LogP contribution in [0, 0.1) is 0 Å². The highest BCUT2D eigenvalue weighted by atomic mass is 16.5. The van der Waals surface area contributed by atoms with Crippen LogP contribution in [0.1, 0.15) is 19.3 Å². The summed E-state index contributed by atoms with van der Waals surface area (Å²) in [4.78, 5) is 19.7. The summed E-state index contributed by atoms with van der Waals surface area (Å²) in [7, 11) is 0. The second kappa shape index (κ2) is 9.23. The van der Waals surface area contributed by atoms with E-state index in [4.69, 9.17) is 20.8 Å². The van der Waals surface area contributed by atoms with Gasteiger partial charge in [0.15, 0.2) is 5.65 Å². The Morgan fingerprint density at radius 3 is 2.52 bits per heavy atom. The standard InChI is InChI=1S/C22H22N6O3/c23-21-19-20(15-9-11-17(12-10-15)31-16-6-2-1-3-7-16)26-28(22(19)25-14-24-21)13-5-4-8-18(29)27-30/h1-3,6-7,9-12,14,30H,4-5,8,13H2,(H,27,29)(H2,23,24,25). The van der Waals surface area contributed by atoms with E-state index in [2.05, 4.69) is 9.97 Å². The maximum atomic E-state index is 11.2. The number of aryl methyl sites for hydroxylation is 1. The second-order valence-electron chi connectivity index (χ2n) is 6.96. The molecule has 2 aromatic carbocycles. The van der Waals surface area contributed by atoms with Gasteiger partial charge in [-0.25, -0.2) is 20.1 Å². The van der Waals surface area contributed by atoms with E-state index in [0.29, 0.717) is 47.7 Å². The quantitative estimate of drug-likeness (QED) is 0.227. The molecule has 1 amide bonds. The van der Waals surface area contributed by atoms with Gasteiger partial charge in [-0.2, -0.15) is 5.10 Å². The molecular formula is C22H22N6O3. The first-order valence-corrected chi connectivity index (χ1v) is 9.89. The minimum Gasteiger partial charge on any atom is -0.457 e. The van der Waals surface area contributed by atoms with Gasteiger partial charge < -0.3 is 10.5 Å². The number of unbranched alkanes of at least 4 members (excludes halogenated alkanes) is 1. The van der Waals surface area contributed by atoms with Crippen molar-refractivity contribution in [2.75, 3.05) is 5.73 Å². The van der Waals surface area contributed by atoms with E-state index >= 15 is 0 Å². The Hall–Kier alpha value is -3.98. The van der Waals surface area contributed by atoms with E-state index in [1.54, 1.807) is 10.2 Å². The monoisotopic (exact) mass is 418 g/mol. The maximum Gasteiger partial charge on any atom is 0.243 e. The molecule has 0 atom stereocenters. The van der Waals surface area contributed by atoms with Crippen LogP contribution in [-0.2, 0) is 11.3 Å². The number of hydroxylamine groups is 1. The van der Waals surface area contributed by atoms with Crippen LogP contribution in [0.4, 0.5) is 5.82 Å². The predicted molar refractivity (Wildman–Crippen MR) is 115 cm³/mol. The van der Waals surface area contributed by atoms with Gasteiger partial charge in [-0.3, -0.25) is 10.0 Å². The number of nitrogens with zero attached hydrogens (tertiary/aromatic N) is 4. The topological polar surface area (TPSA) is 128 Å². The fourth-order valence-electron chi connectivity index (χ4n) is 3.30. The minimum absolute atomic E-state index is 0.239. The molecule has 0 fully saturated rings. The number of anilines is 1. The Balaban J connectivity index is 1.57. The van der Waals surface area contributed by atoms with Crippen molar-refractivity contribution in [1.82, 2.24) is 25.2 Å². The van der Waals surface area contributed by atoms with Crippen LogP contribution in [0.3, 0.4) is 0 Å². The van der Waals surface area contributed by atoms with Gasteiger partial charge in [0.2, 0.25) is 5.91 Å². The summed E-state index contributed by atoms with van der Waals surface area (Å²) in [5.41, 5.74) is 9.97. The van der Waals surface area contributed by atoms with E-state index < -0.39 is 5.91 Å². The molecule has 158 valence electrons. The van der Waals surface area contributed by atoms with Crippen LogP contribution in [0.2, 0.25) is 0 Å². The summed E-state index contributed by atoms with van der Waals surface area (Å²) in [5, 5.41) is 14.0. The average molecular weight is 418 g/mol. The molecule has 0 spiro atoms. The molecular weight excluding hydrogens is 396 g/mol. The summed E-state index contributed by atoms with van der Waals surface area (Å²) in [6.07, 6.45) is 2.95. The Morgan fingerprint density at radius 2 is 1.77 bits per heavy atom. The van der Waals surface area contributed by atoms with E-state index in [1.165, 1.54) is 6.33 Å². The van der Waals surface area contributed by atoms with Gasteiger partial charge in [0.05, 0.1) is 5.39 Å². The molecule has 2 heterocycles. The molecule has 0 saturated carbocycles. The highest BCUT2D eigenvalue weighted by molar-refractivity contribution is 5.98. The number of aromatic nitrogens is 4. The van der Waals surface area contributed by atoms with Crippen molar-refractivity contribution in [2.24, 2.45) is 0 Å². The Kier molecular flexibility index (Phi) is 6.04. The first-order valence-electron chi connectivity index (χ1n) is 9.89. The van der Waals surface area contributed by atoms with Gasteiger partial charge in [0, 0.05) is 18.5 Å². The summed E-state index contributed by atoms with van der Waals surface area (Å²) in [6, 6.07) is 17.1. The predicted octanol–water partition coefficient (Wildman–Crippen LogP) is 3.54. The minimum atomic E-state index is -0.407. The molecule has 0 aliphatic rings. The molecule has 4 aromatic rings. The van der Waals surface area contributed by atoms with Crippen LogP contribution in [0.5, 0.6) is 11.5 Å². The summed E-state index contributed by atoms with van der Waals surface area (Å²) < 4.78 is 7.63. The van der Waals surface area contributed by atoms with Gasteiger partial charge in [-0.1, -0.05) is 18.2 Å². The number of benzene rings is 2. The van der Waals surface area contributed by atoms with Crippen LogP contribution >= 0.6 is 0 Å². The first kappa shape index (κ1) is 20.3. The van der Waals surface area contributed by atoms with Crippen molar-refractivity contribution in [1.29, 1.82) is 0 Å². The van der Waals surface area contributed by atoms with E-state index in [0.717, 1.165) is 11.3 Å². The highest BCUT2D eigenvalue weighted by Gasteiger charge is 2.17. The zero-order valence-electron chi connectivity index (χ0n) is 16.7. The Bertz CT molecular complexity index is 1180. The third-order valence-corrected chi connectivity index (χ3v) is 4.81. The molecule has 0 aliphatic heterocycles. The lowest BCUT2D eigenvalue weighted by Gasteiger charge is -2.06. The van der Waals surface area contributed by atoms with Crippen LogP contribution in [-0.4, -0.2) is 30.9 Å².